The molecule has 13 nitrogen and oxygen atoms in total. The van der Waals surface area contributed by atoms with Gasteiger partial charge in [-0.3, -0.25) is 29.2 Å². The third-order valence-corrected chi connectivity index (χ3v) is 8.85. The second-order valence-corrected chi connectivity index (χ2v) is 12.4. The maximum atomic E-state index is 13.4. The van der Waals surface area contributed by atoms with Crippen molar-refractivity contribution in [2.75, 3.05) is 23.3 Å². The highest BCUT2D eigenvalue weighted by molar-refractivity contribution is 6.06. The molecule has 2 aliphatic heterocycles. The maximum Gasteiger partial charge on any atom is 0.278 e. The molecule has 4 heterocycles. The fraction of sp³-hybridized carbons (Fsp3) is 0.257. The number of benzene rings is 3. The topological polar surface area (TPSA) is 168 Å². The molecule has 1 atom stereocenters. The van der Waals surface area contributed by atoms with Gasteiger partial charge in [0.2, 0.25) is 5.91 Å². The number of amides is 3. The van der Waals surface area contributed by atoms with Gasteiger partial charge in [-0.25, -0.2) is 0 Å². The summed E-state index contributed by atoms with van der Waals surface area (Å²) >= 11 is 0. The van der Waals surface area contributed by atoms with E-state index in [0.29, 0.717) is 40.8 Å². The molecule has 5 aromatic rings. The summed E-state index contributed by atoms with van der Waals surface area (Å²) in [5.74, 6) is 5.39. The minimum atomic E-state index is -1.02. The number of rotatable bonds is 5. The zero-order valence-corrected chi connectivity index (χ0v) is 26.1. The Balaban J connectivity index is 0.995. The minimum absolute atomic E-state index is 0.108. The molecule has 0 radical (unpaired) electrons. The van der Waals surface area contributed by atoms with Gasteiger partial charge in [-0.1, -0.05) is 41.3 Å². The van der Waals surface area contributed by atoms with Crippen LogP contribution < -0.4 is 21.1 Å². The van der Waals surface area contributed by atoms with Crippen LogP contribution in [-0.4, -0.2) is 55.6 Å². The van der Waals surface area contributed by atoms with E-state index in [4.69, 9.17) is 0 Å². The Morgan fingerprint density at radius 1 is 1.04 bits per heavy atom. The monoisotopic (exact) mass is 639 g/mol. The van der Waals surface area contributed by atoms with Crippen LogP contribution in [0.4, 0.5) is 11.4 Å². The van der Waals surface area contributed by atoms with Crippen molar-refractivity contribution in [2.45, 2.75) is 38.3 Å². The first-order chi connectivity index (χ1) is 23.1. The van der Waals surface area contributed by atoms with Gasteiger partial charge in [0, 0.05) is 47.9 Å². The summed E-state index contributed by atoms with van der Waals surface area (Å²) in [5.41, 5.74) is 1.69. The molecule has 2 aliphatic rings. The van der Waals surface area contributed by atoms with Gasteiger partial charge < -0.3 is 10.2 Å². The van der Waals surface area contributed by atoms with Crippen molar-refractivity contribution in [1.82, 2.24) is 30.1 Å². The molecular weight excluding hydrogens is 610 g/mol. The van der Waals surface area contributed by atoms with Gasteiger partial charge in [-0.15, -0.1) is 5.10 Å². The average molecular weight is 640 g/mol. The Hall–Kier alpha value is -6.34. The smallest absolute Gasteiger partial charge is 0.278 e. The Morgan fingerprint density at radius 2 is 1.83 bits per heavy atom. The summed E-state index contributed by atoms with van der Waals surface area (Å²) in [7, 11) is 0. The number of imide groups is 1. The van der Waals surface area contributed by atoms with Crippen LogP contribution in [0.25, 0.3) is 21.7 Å². The normalized spacial score (nSPS) is 16.5. The largest absolute Gasteiger partial charge is 0.369 e. The number of nitrogens with one attached hydrogen (secondary N) is 2. The van der Waals surface area contributed by atoms with Gasteiger partial charge in [0.05, 0.1) is 34.7 Å². The predicted octanol–water partition coefficient (Wildman–Crippen LogP) is 2.85. The summed E-state index contributed by atoms with van der Waals surface area (Å²) in [4.78, 5) is 52.3. The van der Waals surface area contributed by atoms with Crippen molar-refractivity contribution >= 4 is 50.8 Å². The van der Waals surface area contributed by atoms with Crippen LogP contribution in [0.3, 0.4) is 0 Å². The Morgan fingerprint density at radius 3 is 2.60 bits per heavy atom. The van der Waals surface area contributed by atoms with Crippen molar-refractivity contribution in [3.63, 3.8) is 0 Å². The summed E-state index contributed by atoms with van der Waals surface area (Å²) in [6, 6.07) is 17.5. The van der Waals surface area contributed by atoms with Crippen LogP contribution >= 0.6 is 0 Å². The number of hydrogen-bond acceptors (Lipinski definition) is 9. The van der Waals surface area contributed by atoms with E-state index in [1.807, 2.05) is 30.3 Å². The van der Waals surface area contributed by atoms with Crippen LogP contribution in [-0.2, 0) is 19.9 Å². The maximum absolute atomic E-state index is 13.4. The molecular formula is C35H29N9O4. The fourth-order valence-corrected chi connectivity index (χ4v) is 5.90. The zero-order valence-electron chi connectivity index (χ0n) is 26.1. The molecule has 13 heteroatoms. The van der Waals surface area contributed by atoms with Crippen LogP contribution in [0.5, 0.6) is 0 Å². The van der Waals surface area contributed by atoms with E-state index in [1.54, 1.807) is 55.2 Å². The molecule has 3 amide bonds. The van der Waals surface area contributed by atoms with Crippen molar-refractivity contribution < 1.29 is 14.4 Å². The molecule has 0 bridgehead atoms. The number of carbonyl (C=O) groups excluding carboxylic acids is 3. The number of fused-ring (bicyclic) bond motifs is 2. The van der Waals surface area contributed by atoms with E-state index in [2.05, 4.69) is 48.9 Å². The van der Waals surface area contributed by atoms with E-state index in [9.17, 15) is 24.4 Å². The first-order valence-corrected chi connectivity index (χ1v) is 15.4. The van der Waals surface area contributed by atoms with Crippen LogP contribution in [0.2, 0.25) is 0 Å². The molecule has 2 saturated heterocycles. The fourth-order valence-electron chi connectivity index (χ4n) is 5.90. The zero-order chi connectivity index (χ0) is 33.6. The van der Waals surface area contributed by atoms with Gasteiger partial charge in [-0.2, -0.15) is 15.0 Å². The van der Waals surface area contributed by atoms with E-state index < -0.39 is 23.0 Å². The lowest BCUT2D eigenvalue weighted by molar-refractivity contribution is -0.136. The highest BCUT2D eigenvalue weighted by Gasteiger charge is 2.32. The van der Waals surface area contributed by atoms with E-state index >= 15 is 0 Å². The third kappa shape index (κ3) is 5.41. The summed E-state index contributed by atoms with van der Waals surface area (Å²) in [5, 5.41) is 29.2. The number of nitriles is 1. The number of carbonyl (C=O) groups is 3. The summed E-state index contributed by atoms with van der Waals surface area (Å²) in [6.45, 7) is 4.92. The molecule has 7 rings (SSSR count). The molecule has 0 saturated carbocycles. The number of anilines is 2. The number of nitrogens with zero attached hydrogens (tertiary/aromatic N) is 7. The quantitative estimate of drug-likeness (QED) is 0.217. The Kier molecular flexibility index (Phi) is 7.45. The Bertz CT molecular complexity index is 2320. The average Bonchev–Trinajstić information content (AvgIpc) is 3.55. The second-order valence-electron chi connectivity index (χ2n) is 12.4. The van der Waals surface area contributed by atoms with Crippen molar-refractivity contribution in [3.05, 3.63) is 88.5 Å². The molecule has 0 spiro atoms. The van der Waals surface area contributed by atoms with Crippen LogP contribution in [0.15, 0.2) is 71.8 Å². The minimum Gasteiger partial charge on any atom is -0.369 e. The lowest BCUT2D eigenvalue weighted by Crippen LogP contribution is -2.46. The number of hydrogen-bond donors (Lipinski definition) is 2. The molecule has 48 heavy (non-hydrogen) atoms. The highest BCUT2D eigenvalue weighted by Crippen LogP contribution is 2.29. The molecule has 2 aromatic heterocycles. The van der Waals surface area contributed by atoms with Gasteiger partial charge in [-0.05, 0) is 50.6 Å². The van der Waals surface area contributed by atoms with Crippen molar-refractivity contribution in [3.8, 4) is 17.9 Å². The number of aromatic nitrogens is 5. The molecule has 1 unspecified atom stereocenters. The van der Waals surface area contributed by atoms with Crippen LogP contribution in [0, 0.1) is 29.1 Å². The molecule has 238 valence electrons. The predicted molar refractivity (Wildman–Crippen MR) is 177 cm³/mol. The summed E-state index contributed by atoms with van der Waals surface area (Å²) in [6.07, 6.45) is 3.73. The summed E-state index contributed by atoms with van der Waals surface area (Å²) < 4.78 is 2.64. The lowest BCUT2D eigenvalue weighted by Gasteiger charge is -2.38. The molecule has 2 N–H and O–H groups in total. The van der Waals surface area contributed by atoms with Gasteiger partial charge >= 0.3 is 0 Å². The standard InChI is InChI=1S/C35H29N9O4/c1-35(2,34(48)38-28-12-9-23(16-36)25-5-3-4-6-26(25)28)43-20-21(17-37-43)7-8-22-18-42(19-22)24-10-11-27-29(15-24)40-41-44(33(27)47)30-13-14-31(45)39-32(30)46/h3-6,9-12,15,17,20,22,30H,13-14,18-19H2,1-2H3,(H,38,48)(H,39,45,46). The van der Waals surface area contributed by atoms with Gasteiger partial charge in [0.1, 0.15) is 17.1 Å². The lowest BCUT2D eigenvalue weighted by atomic mass is 9.99. The third-order valence-electron chi connectivity index (χ3n) is 8.85. The molecule has 3 aromatic carbocycles. The van der Waals surface area contributed by atoms with Crippen molar-refractivity contribution in [1.29, 1.82) is 5.26 Å². The van der Waals surface area contributed by atoms with Crippen LogP contribution in [0.1, 0.15) is 43.9 Å². The first-order valence-electron chi connectivity index (χ1n) is 15.4. The molecule has 2 fully saturated rings. The Labute approximate surface area is 274 Å². The first kappa shape index (κ1) is 30.3. The van der Waals surface area contributed by atoms with E-state index in [-0.39, 0.29) is 30.6 Å². The van der Waals surface area contributed by atoms with E-state index in [0.717, 1.165) is 21.1 Å². The SMILES string of the molecule is CC(C)(C(=O)Nc1ccc(C#N)c2ccccc12)n1cc(C#CC2CN(c3ccc4c(=O)n(C5CCC(=O)NC5=O)nnc4c3)C2)cn1. The van der Waals surface area contributed by atoms with Gasteiger partial charge in [0.25, 0.3) is 17.4 Å². The van der Waals surface area contributed by atoms with Gasteiger partial charge in [0.15, 0.2) is 0 Å². The second kappa shape index (κ2) is 11.8. The molecule has 0 aliphatic carbocycles. The number of piperidine rings is 1. The van der Waals surface area contributed by atoms with Crippen molar-refractivity contribution in [2.24, 2.45) is 5.92 Å². The van der Waals surface area contributed by atoms with E-state index in [1.165, 1.54) is 0 Å². The highest BCUT2D eigenvalue weighted by atomic mass is 16.2.